The molecule has 108 valence electrons. The van der Waals surface area contributed by atoms with Crippen molar-refractivity contribution in [1.29, 1.82) is 0 Å². The van der Waals surface area contributed by atoms with Crippen molar-refractivity contribution in [2.45, 2.75) is 31.8 Å². The zero-order chi connectivity index (χ0) is 14.2. The molecular formula is C16H19N5. The molecule has 2 heterocycles. The zero-order valence-electron chi connectivity index (χ0n) is 12.2. The number of fused-ring (bicyclic) bond motifs is 1. The van der Waals surface area contributed by atoms with Crippen molar-refractivity contribution < 1.29 is 0 Å². The number of hydrogen-bond donors (Lipinski definition) is 1. The fourth-order valence-electron chi connectivity index (χ4n) is 2.96. The molecule has 0 bridgehead atoms. The van der Waals surface area contributed by atoms with Gasteiger partial charge in [0.25, 0.3) is 0 Å². The van der Waals surface area contributed by atoms with Crippen LogP contribution in [0.1, 0.15) is 31.0 Å². The number of hydrogen-bond acceptors (Lipinski definition) is 3. The van der Waals surface area contributed by atoms with Gasteiger partial charge in [-0.25, -0.2) is 0 Å². The van der Waals surface area contributed by atoms with E-state index in [9.17, 15) is 0 Å². The van der Waals surface area contributed by atoms with Gasteiger partial charge in [-0.05, 0) is 37.5 Å². The summed E-state index contributed by atoms with van der Waals surface area (Å²) in [5.74, 6) is 0.939. The van der Waals surface area contributed by atoms with Crippen molar-refractivity contribution in [3.8, 4) is 0 Å². The molecule has 0 radical (unpaired) electrons. The van der Waals surface area contributed by atoms with Crippen LogP contribution in [0.3, 0.4) is 0 Å². The molecule has 21 heavy (non-hydrogen) atoms. The molecule has 1 N–H and O–H groups in total. The van der Waals surface area contributed by atoms with Crippen LogP contribution in [0.25, 0.3) is 10.9 Å². The molecule has 1 aliphatic rings. The van der Waals surface area contributed by atoms with E-state index in [-0.39, 0.29) is 0 Å². The van der Waals surface area contributed by atoms with Crippen molar-refractivity contribution in [2.24, 2.45) is 7.05 Å². The summed E-state index contributed by atoms with van der Waals surface area (Å²) in [7, 11) is 1.98. The van der Waals surface area contributed by atoms with Crippen LogP contribution in [-0.4, -0.2) is 19.6 Å². The second kappa shape index (κ2) is 4.91. The summed E-state index contributed by atoms with van der Waals surface area (Å²) >= 11 is 0. The van der Waals surface area contributed by atoms with Crippen LogP contribution in [0.2, 0.25) is 0 Å². The SMILES string of the molecule is Cn1nc(NCc2ccnn2C2CCC2)c2ccccc21. The second-order valence-electron chi connectivity index (χ2n) is 5.69. The van der Waals surface area contributed by atoms with E-state index < -0.39 is 0 Å². The molecule has 1 aromatic carbocycles. The molecule has 2 aromatic heterocycles. The first-order valence-corrected chi connectivity index (χ1v) is 7.51. The average Bonchev–Trinajstić information content (AvgIpc) is 3.01. The maximum Gasteiger partial charge on any atom is 0.156 e. The molecule has 1 fully saturated rings. The van der Waals surface area contributed by atoms with E-state index >= 15 is 0 Å². The molecule has 0 unspecified atom stereocenters. The third-order valence-corrected chi connectivity index (χ3v) is 4.37. The third kappa shape index (κ3) is 2.09. The Morgan fingerprint density at radius 2 is 2.10 bits per heavy atom. The third-order valence-electron chi connectivity index (χ3n) is 4.37. The van der Waals surface area contributed by atoms with E-state index in [0.29, 0.717) is 6.04 Å². The molecule has 5 heteroatoms. The van der Waals surface area contributed by atoms with Crippen molar-refractivity contribution in [1.82, 2.24) is 19.6 Å². The molecule has 4 rings (SSSR count). The van der Waals surface area contributed by atoms with Crippen molar-refractivity contribution in [3.63, 3.8) is 0 Å². The number of aromatic nitrogens is 4. The van der Waals surface area contributed by atoms with E-state index in [1.165, 1.54) is 25.0 Å². The Hall–Kier alpha value is -2.30. The predicted molar refractivity (Wildman–Crippen MR) is 83.2 cm³/mol. The van der Waals surface area contributed by atoms with Gasteiger partial charge < -0.3 is 5.32 Å². The topological polar surface area (TPSA) is 47.7 Å². The molecule has 0 atom stereocenters. The fraction of sp³-hybridized carbons (Fsp3) is 0.375. The van der Waals surface area contributed by atoms with Crippen molar-refractivity contribution in [2.75, 3.05) is 5.32 Å². The minimum absolute atomic E-state index is 0.595. The summed E-state index contributed by atoms with van der Waals surface area (Å²) < 4.78 is 4.09. The summed E-state index contributed by atoms with van der Waals surface area (Å²) in [6.07, 6.45) is 5.72. The van der Waals surface area contributed by atoms with Crippen LogP contribution in [0.15, 0.2) is 36.5 Å². The predicted octanol–water partition coefficient (Wildman–Crippen LogP) is 3.11. The van der Waals surface area contributed by atoms with Gasteiger partial charge in [-0.3, -0.25) is 9.36 Å². The smallest absolute Gasteiger partial charge is 0.156 e. The highest BCUT2D eigenvalue weighted by Gasteiger charge is 2.22. The number of anilines is 1. The van der Waals surface area contributed by atoms with Crippen LogP contribution in [0, 0.1) is 0 Å². The largest absolute Gasteiger partial charge is 0.362 e. The minimum Gasteiger partial charge on any atom is -0.362 e. The van der Waals surface area contributed by atoms with E-state index in [2.05, 4.69) is 38.4 Å². The van der Waals surface area contributed by atoms with Crippen LogP contribution in [0.5, 0.6) is 0 Å². The molecule has 0 saturated heterocycles. The molecule has 0 amide bonds. The van der Waals surface area contributed by atoms with Gasteiger partial charge in [-0.2, -0.15) is 10.2 Å². The number of aryl methyl sites for hydroxylation is 1. The molecule has 0 spiro atoms. The summed E-state index contributed by atoms with van der Waals surface area (Å²) in [4.78, 5) is 0. The van der Waals surface area contributed by atoms with E-state index in [4.69, 9.17) is 0 Å². The first-order valence-electron chi connectivity index (χ1n) is 7.51. The highest BCUT2D eigenvalue weighted by Crippen LogP contribution is 2.32. The van der Waals surface area contributed by atoms with Gasteiger partial charge in [0.15, 0.2) is 5.82 Å². The monoisotopic (exact) mass is 281 g/mol. The van der Waals surface area contributed by atoms with Crippen LogP contribution < -0.4 is 5.32 Å². The Morgan fingerprint density at radius 1 is 1.24 bits per heavy atom. The maximum atomic E-state index is 4.57. The first kappa shape index (κ1) is 12.4. The normalized spacial score (nSPS) is 15.3. The minimum atomic E-state index is 0.595. The lowest BCUT2D eigenvalue weighted by atomic mass is 9.93. The molecular weight excluding hydrogens is 262 g/mol. The Bertz CT molecular complexity index is 766. The Morgan fingerprint density at radius 3 is 2.90 bits per heavy atom. The lowest BCUT2D eigenvalue weighted by Crippen LogP contribution is -2.21. The van der Waals surface area contributed by atoms with Gasteiger partial charge in [0, 0.05) is 18.6 Å². The van der Waals surface area contributed by atoms with Gasteiger partial charge in [0.05, 0.1) is 23.8 Å². The van der Waals surface area contributed by atoms with Gasteiger partial charge in [-0.15, -0.1) is 0 Å². The van der Waals surface area contributed by atoms with Crippen molar-refractivity contribution >= 4 is 16.7 Å². The summed E-state index contributed by atoms with van der Waals surface area (Å²) in [5.41, 5.74) is 2.38. The standard InChI is InChI=1S/C16H19N5/c1-20-15-8-3-2-7-14(15)16(19-20)17-11-13-9-10-18-21(13)12-5-4-6-12/h2-3,7-10,12H,4-6,11H2,1H3,(H,17,19). The lowest BCUT2D eigenvalue weighted by molar-refractivity contribution is 0.283. The van der Waals surface area contributed by atoms with Crippen LogP contribution in [-0.2, 0) is 13.6 Å². The highest BCUT2D eigenvalue weighted by molar-refractivity contribution is 5.90. The van der Waals surface area contributed by atoms with Gasteiger partial charge in [0.2, 0.25) is 0 Å². The van der Waals surface area contributed by atoms with Gasteiger partial charge >= 0.3 is 0 Å². The molecule has 3 aromatic rings. The quantitative estimate of drug-likeness (QED) is 0.799. The number of nitrogens with zero attached hydrogens (tertiary/aromatic N) is 4. The zero-order valence-corrected chi connectivity index (χ0v) is 12.2. The summed E-state index contributed by atoms with van der Waals surface area (Å²) in [6, 6.07) is 11.0. The number of rotatable bonds is 4. The second-order valence-corrected chi connectivity index (χ2v) is 5.69. The lowest BCUT2D eigenvalue weighted by Gasteiger charge is -2.27. The first-order chi connectivity index (χ1) is 10.3. The van der Waals surface area contributed by atoms with E-state index in [1.807, 2.05) is 30.1 Å². The van der Waals surface area contributed by atoms with Crippen LogP contribution >= 0.6 is 0 Å². The summed E-state index contributed by atoms with van der Waals surface area (Å²) in [6.45, 7) is 0.761. The van der Waals surface area contributed by atoms with Gasteiger partial charge in [-0.1, -0.05) is 12.1 Å². The number of benzene rings is 1. The average molecular weight is 281 g/mol. The summed E-state index contributed by atoms with van der Waals surface area (Å²) in [5, 5.41) is 13.7. The van der Waals surface area contributed by atoms with Gasteiger partial charge in [0.1, 0.15) is 0 Å². The van der Waals surface area contributed by atoms with E-state index in [1.54, 1.807) is 0 Å². The van der Waals surface area contributed by atoms with Crippen LogP contribution in [0.4, 0.5) is 5.82 Å². The van der Waals surface area contributed by atoms with E-state index in [0.717, 1.165) is 23.3 Å². The maximum absolute atomic E-state index is 4.57. The van der Waals surface area contributed by atoms with Crippen molar-refractivity contribution in [3.05, 3.63) is 42.2 Å². The highest BCUT2D eigenvalue weighted by atomic mass is 15.3. The Balaban J connectivity index is 1.57. The molecule has 0 aliphatic heterocycles. The Kier molecular flexibility index (Phi) is 2.91. The fourth-order valence-corrected chi connectivity index (χ4v) is 2.96. The number of nitrogens with one attached hydrogen (secondary N) is 1. The molecule has 1 aliphatic carbocycles. The number of para-hydroxylation sites is 1. The molecule has 1 saturated carbocycles. The molecule has 5 nitrogen and oxygen atoms in total. The Labute approximate surface area is 123 Å².